The van der Waals surface area contributed by atoms with Crippen LogP contribution >= 0.6 is 0 Å². The first kappa shape index (κ1) is 36.6. The number of oxime groups is 1. The van der Waals surface area contributed by atoms with Crippen LogP contribution in [0.4, 0.5) is 4.79 Å². The fourth-order valence-corrected chi connectivity index (χ4v) is 8.93. The highest BCUT2D eigenvalue weighted by molar-refractivity contribution is 7.91. The lowest BCUT2D eigenvalue weighted by molar-refractivity contribution is -0.141. The molecule has 0 spiro atoms. The van der Waals surface area contributed by atoms with Crippen LogP contribution in [-0.2, 0) is 34.0 Å². The van der Waals surface area contributed by atoms with Crippen molar-refractivity contribution in [3.05, 3.63) is 60.4 Å². The van der Waals surface area contributed by atoms with E-state index in [-0.39, 0.29) is 25.5 Å². The highest BCUT2D eigenvalue weighted by Crippen LogP contribution is 2.46. The molecule has 1 aromatic carbocycles. The average molecular weight is 750 g/mol. The van der Waals surface area contributed by atoms with Gasteiger partial charge in [0.2, 0.25) is 21.8 Å². The van der Waals surface area contributed by atoms with Gasteiger partial charge in [0.25, 0.3) is 5.91 Å². The van der Waals surface area contributed by atoms with Gasteiger partial charge in [-0.2, -0.15) is 5.10 Å². The summed E-state index contributed by atoms with van der Waals surface area (Å²) >= 11 is 0. The molecule has 4 amide bonds. The normalized spacial score (nSPS) is 28.9. The topological polar surface area (TPSA) is 190 Å². The monoisotopic (exact) mass is 749 g/mol. The number of nitrogens with one attached hydrogen (secondary N) is 3. The Morgan fingerprint density at radius 2 is 1.79 bits per heavy atom. The number of fused-ring (bicyclic) bond motifs is 2. The quantitative estimate of drug-likeness (QED) is 0.196. The van der Waals surface area contributed by atoms with Gasteiger partial charge in [-0.1, -0.05) is 48.3 Å². The molecule has 3 heterocycles. The number of rotatable bonds is 9. The molecule has 0 bridgehead atoms. The molecule has 2 aliphatic heterocycles. The Kier molecular flexibility index (Phi) is 10.9. The molecule has 16 heteroatoms. The minimum absolute atomic E-state index is 0.0104. The average Bonchev–Trinajstić information content (AvgIpc) is 3.87. The van der Waals surface area contributed by atoms with E-state index in [1.807, 2.05) is 48.7 Å². The summed E-state index contributed by atoms with van der Waals surface area (Å²) in [6.45, 7) is -0.0104. The van der Waals surface area contributed by atoms with E-state index in [0.717, 1.165) is 49.8 Å². The zero-order valence-corrected chi connectivity index (χ0v) is 30.4. The lowest BCUT2D eigenvalue weighted by Gasteiger charge is -2.30. The first-order valence-electron chi connectivity index (χ1n) is 18.7. The van der Waals surface area contributed by atoms with Crippen molar-refractivity contribution < 1.29 is 37.2 Å². The van der Waals surface area contributed by atoms with Crippen LogP contribution in [-0.4, -0.2) is 94.8 Å². The number of amides is 4. The number of aromatic nitrogens is 2. The molecule has 7 rings (SSSR count). The number of allylic oxidation sites excluding steroid dienone is 1. The third kappa shape index (κ3) is 8.58. The molecule has 2 aromatic rings. The van der Waals surface area contributed by atoms with E-state index in [2.05, 4.69) is 25.6 Å². The van der Waals surface area contributed by atoms with Crippen LogP contribution in [0.25, 0.3) is 5.69 Å². The summed E-state index contributed by atoms with van der Waals surface area (Å²) in [5.74, 6) is -2.28. The Balaban J connectivity index is 1.13. The second-order valence-corrected chi connectivity index (χ2v) is 16.7. The SMILES string of the molecule is O=C(N[C@H]1CCCCC/C=C\C2C[C@@]2(C(=O)NS(=O)(=O)C2CC2)NC(=O)[C@@H]2C[C@@H](O/N=C/c3ccccc3-n3cccn3)CN2C1=O)OC1CCCC1. The minimum atomic E-state index is -3.88. The second-order valence-electron chi connectivity index (χ2n) is 14.7. The van der Waals surface area contributed by atoms with E-state index in [4.69, 9.17) is 9.57 Å². The van der Waals surface area contributed by atoms with Gasteiger partial charge < -0.3 is 25.1 Å². The molecular formula is C37H47N7O8S. The number of carbonyl (C=O) groups excluding carboxylic acids is 4. The molecule has 1 unspecified atom stereocenters. The fourth-order valence-electron chi connectivity index (χ4n) is 7.56. The number of sulfonamides is 1. The Morgan fingerprint density at radius 3 is 2.57 bits per heavy atom. The van der Waals surface area contributed by atoms with Crippen LogP contribution in [0.3, 0.4) is 0 Å². The van der Waals surface area contributed by atoms with Gasteiger partial charge in [-0.25, -0.2) is 17.9 Å². The summed E-state index contributed by atoms with van der Waals surface area (Å²) in [5, 5.41) is 13.6. The maximum Gasteiger partial charge on any atom is 0.408 e. The summed E-state index contributed by atoms with van der Waals surface area (Å²) in [4.78, 5) is 62.6. The number of carbonyl (C=O) groups is 4. The molecule has 1 aromatic heterocycles. The Labute approximate surface area is 308 Å². The molecule has 3 aliphatic carbocycles. The molecule has 3 saturated carbocycles. The van der Waals surface area contributed by atoms with Crippen LogP contribution < -0.4 is 15.4 Å². The van der Waals surface area contributed by atoms with Gasteiger partial charge in [0.15, 0.2) is 0 Å². The largest absolute Gasteiger partial charge is 0.446 e. The lowest BCUT2D eigenvalue weighted by atomic mass is 10.0. The van der Waals surface area contributed by atoms with E-state index in [0.29, 0.717) is 32.1 Å². The third-order valence-corrected chi connectivity index (χ3v) is 12.6. The molecule has 0 radical (unpaired) electrons. The van der Waals surface area contributed by atoms with Crippen LogP contribution in [0.2, 0.25) is 0 Å². The van der Waals surface area contributed by atoms with Gasteiger partial charge in [-0.15, -0.1) is 0 Å². The van der Waals surface area contributed by atoms with Gasteiger partial charge >= 0.3 is 6.09 Å². The van der Waals surface area contributed by atoms with Crippen molar-refractivity contribution in [3.63, 3.8) is 0 Å². The predicted octanol–water partition coefficient (Wildman–Crippen LogP) is 3.23. The van der Waals surface area contributed by atoms with Crippen molar-refractivity contribution in [1.82, 2.24) is 30.0 Å². The van der Waals surface area contributed by atoms with Crippen LogP contribution in [0.5, 0.6) is 0 Å². The van der Waals surface area contributed by atoms with Crippen molar-refractivity contribution in [3.8, 4) is 5.69 Å². The van der Waals surface area contributed by atoms with Crippen molar-refractivity contribution in [2.24, 2.45) is 11.1 Å². The number of nitrogens with zero attached hydrogens (tertiary/aromatic N) is 4. The summed E-state index contributed by atoms with van der Waals surface area (Å²) in [6, 6.07) is 7.24. The first-order valence-corrected chi connectivity index (χ1v) is 20.3. The number of hydrogen-bond donors (Lipinski definition) is 3. The number of benzene rings is 1. The van der Waals surface area contributed by atoms with E-state index in [1.165, 1.54) is 4.90 Å². The minimum Gasteiger partial charge on any atom is -0.446 e. The Bertz CT molecular complexity index is 1840. The molecule has 53 heavy (non-hydrogen) atoms. The van der Waals surface area contributed by atoms with Gasteiger partial charge in [0.1, 0.15) is 29.8 Å². The maximum atomic E-state index is 14.4. The van der Waals surface area contributed by atoms with E-state index in [1.54, 1.807) is 17.1 Å². The summed E-state index contributed by atoms with van der Waals surface area (Å²) < 4.78 is 35.1. The molecule has 1 saturated heterocycles. The predicted molar refractivity (Wildman–Crippen MR) is 193 cm³/mol. The van der Waals surface area contributed by atoms with Gasteiger partial charge in [-0.05, 0) is 76.3 Å². The molecule has 284 valence electrons. The van der Waals surface area contributed by atoms with Crippen LogP contribution in [0, 0.1) is 5.92 Å². The van der Waals surface area contributed by atoms with E-state index < -0.39 is 68.7 Å². The number of ether oxygens (including phenoxy) is 1. The first-order chi connectivity index (χ1) is 25.6. The molecule has 5 atom stereocenters. The van der Waals surface area contributed by atoms with E-state index in [9.17, 15) is 27.6 Å². The smallest absolute Gasteiger partial charge is 0.408 e. The summed E-state index contributed by atoms with van der Waals surface area (Å²) in [6.07, 6.45) is 15.3. The number of hydrogen-bond acceptors (Lipinski definition) is 10. The number of alkyl carbamates (subject to hydrolysis) is 1. The van der Waals surface area contributed by atoms with Crippen molar-refractivity contribution >= 4 is 40.1 Å². The zero-order valence-electron chi connectivity index (χ0n) is 29.6. The highest BCUT2D eigenvalue weighted by Gasteiger charge is 2.62. The molecule has 4 fully saturated rings. The van der Waals surface area contributed by atoms with Crippen LogP contribution in [0.1, 0.15) is 89.0 Å². The van der Waals surface area contributed by atoms with Crippen LogP contribution in [0.15, 0.2) is 60.0 Å². The van der Waals surface area contributed by atoms with E-state index >= 15 is 0 Å². The van der Waals surface area contributed by atoms with Crippen molar-refractivity contribution in [2.75, 3.05) is 6.54 Å². The Hall–Kier alpha value is -4.73. The molecule has 15 nitrogen and oxygen atoms in total. The maximum absolute atomic E-state index is 14.4. The molecule has 3 N–H and O–H groups in total. The second kappa shape index (κ2) is 15.7. The summed E-state index contributed by atoms with van der Waals surface area (Å²) in [7, 11) is -3.88. The van der Waals surface area contributed by atoms with Gasteiger partial charge in [-0.3, -0.25) is 19.1 Å². The standard InChI is InChI=1S/C37H47N7O8S/c45-33-32-21-28(52-39-23-25-11-6-9-16-31(25)44-20-10-19-38-44)24-43(32)34(46)30(40-36(48)51-27-13-7-8-14-27)15-5-3-1-2-4-12-26-22-37(26,41-33)35(47)42-53(49,50)29-17-18-29/h4,6,9-12,16,19-20,23,26-30,32H,1-3,5,7-8,13-15,17-18,21-22,24H2,(H,40,48)(H,41,45)(H,42,47)/b12-4-,39-23+/t26?,28-,30+,32+,37-/m1/s1. The Morgan fingerprint density at radius 1 is 1.00 bits per heavy atom. The lowest BCUT2D eigenvalue weighted by Crippen LogP contribution is -2.58. The van der Waals surface area contributed by atoms with Crippen molar-refractivity contribution in [1.29, 1.82) is 0 Å². The van der Waals surface area contributed by atoms with Gasteiger partial charge in [0, 0.05) is 30.3 Å². The zero-order chi connectivity index (χ0) is 37.0. The summed E-state index contributed by atoms with van der Waals surface area (Å²) in [5.41, 5.74) is 0.0163. The fraction of sp³-hybridized carbons (Fsp3) is 0.568. The van der Waals surface area contributed by atoms with Gasteiger partial charge in [0.05, 0.1) is 23.7 Å². The molecular weight excluding hydrogens is 703 g/mol. The highest BCUT2D eigenvalue weighted by atomic mass is 32.2. The molecule has 5 aliphatic rings. The third-order valence-electron chi connectivity index (χ3n) is 10.8. The number of para-hydroxylation sites is 1. The van der Waals surface area contributed by atoms with Crippen molar-refractivity contribution in [2.45, 2.75) is 119 Å².